The highest BCUT2D eigenvalue weighted by atomic mass is 31.2. The van der Waals surface area contributed by atoms with E-state index in [0.29, 0.717) is 67.7 Å². The molecule has 0 aliphatic carbocycles. The van der Waals surface area contributed by atoms with E-state index in [1.165, 1.54) is 64.0 Å². The molecular formula is C30H38O11P+. The number of hydrogen-bond donors (Lipinski definition) is 1. The van der Waals surface area contributed by atoms with Gasteiger partial charge in [-0.1, -0.05) is 0 Å². The quantitative estimate of drug-likeness (QED) is 0.256. The van der Waals surface area contributed by atoms with Crippen molar-refractivity contribution in [1.29, 1.82) is 0 Å². The molecule has 228 valence electrons. The number of aliphatic carboxylic acids is 1. The monoisotopic (exact) mass is 605 g/mol. The molecule has 0 amide bonds. The average molecular weight is 606 g/mol. The number of ether oxygens (including phenoxy) is 9. The second kappa shape index (κ2) is 14.1. The Morgan fingerprint density at radius 3 is 0.905 bits per heavy atom. The lowest BCUT2D eigenvalue weighted by Gasteiger charge is -2.33. The first-order valence-electron chi connectivity index (χ1n) is 12.7. The van der Waals surface area contributed by atoms with Gasteiger partial charge in [0.2, 0.25) is 0 Å². The first-order valence-corrected chi connectivity index (χ1v) is 14.7. The van der Waals surface area contributed by atoms with Crippen LogP contribution in [0.1, 0.15) is 6.42 Å². The van der Waals surface area contributed by atoms with Crippen LogP contribution in [0.25, 0.3) is 0 Å². The highest BCUT2D eigenvalue weighted by molar-refractivity contribution is 7.96. The van der Waals surface area contributed by atoms with Gasteiger partial charge in [0.05, 0.1) is 76.6 Å². The van der Waals surface area contributed by atoms with Gasteiger partial charge in [-0.2, -0.15) is 0 Å². The summed E-state index contributed by atoms with van der Waals surface area (Å²) in [6, 6.07) is 10.3. The van der Waals surface area contributed by atoms with Crippen LogP contribution >= 0.6 is 7.26 Å². The van der Waals surface area contributed by atoms with Gasteiger partial charge in [-0.25, -0.2) is 0 Å². The standard InChI is InChI=1S/C30H37O11P/c1-33-18-12-21(36-4)28(22(13-18)37-5)42(11-10-27(31)32,29-23(38-6)14-19(34-2)15-24(29)39-7)30-25(40-8)16-20(35-3)17-26(30)41-9/h12-17H,10-11H2,1-9H3/p+1. The number of carboxylic acids is 1. The Kier molecular flexibility index (Phi) is 10.8. The molecule has 0 bridgehead atoms. The number of rotatable bonds is 15. The first-order chi connectivity index (χ1) is 20.2. The molecule has 0 fully saturated rings. The fraction of sp³-hybridized carbons (Fsp3) is 0.367. The summed E-state index contributed by atoms with van der Waals surface area (Å²) < 4.78 is 52.5. The number of hydrogen-bond acceptors (Lipinski definition) is 10. The Morgan fingerprint density at radius 2 is 0.738 bits per heavy atom. The third-order valence-corrected chi connectivity index (χ3v) is 11.4. The lowest BCUT2D eigenvalue weighted by Crippen LogP contribution is -2.38. The topological polar surface area (TPSA) is 120 Å². The van der Waals surface area contributed by atoms with E-state index in [9.17, 15) is 9.90 Å². The van der Waals surface area contributed by atoms with E-state index in [0.717, 1.165) is 0 Å². The minimum Gasteiger partial charge on any atom is -0.496 e. The maximum atomic E-state index is 12.3. The van der Waals surface area contributed by atoms with Gasteiger partial charge in [-0.3, -0.25) is 4.79 Å². The van der Waals surface area contributed by atoms with Gasteiger partial charge in [0.1, 0.15) is 24.5 Å². The molecule has 0 aliphatic heterocycles. The summed E-state index contributed by atoms with van der Waals surface area (Å²) in [5, 5.41) is 11.8. The van der Waals surface area contributed by atoms with Crippen LogP contribution in [-0.2, 0) is 4.79 Å². The number of benzene rings is 3. The molecule has 0 saturated heterocycles. The van der Waals surface area contributed by atoms with Crippen molar-refractivity contribution in [1.82, 2.24) is 0 Å². The predicted molar refractivity (Wildman–Crippen MR) is 161 cm³/mol. The SMILES string of the molecule is COc1cc(OC)c([P+](CCC(=O)O)(c2c(OC)cc(OC)cc2OC)c2c(OC)cc(OC)cc2OC)c(OC)c1. The van der Waals surface area contributed by atoms with Crippen LogP contribution in [0, 0.1) is 0 Å². The van der Waals surface area contributed by atoms with Gasteiger partial charge in [0.25, 0.3) is 0 Å². The van der Waals surface area contributed by atoms with Crippen LogP contribution in [0.15, 0.2) is 36.4 Å². The van der Waals surface area contributed by atoms with Gasteiger partial charge in [0.15, 0.2) is 50.4 Å². The zero-order valence-electron chi connectivity index (χ0n) is 25.4. The molecule has 0 aliphatic rings. The second-order valence-electron chi connectivity index (χ2n) is 8.82. The molecule has 11 nitrogen and oxygen atoms in total. The molecule has 42 heavy (non-hydrogen) atoms. The van der Waals surface area contributed by atoms with Crippen molar-refractivity contribution in [2.24, 2.45) is 0 Å². The van der Waals surface area contributed by atoms with Crippen molar-refractivity contribution in [3.63, 3.8) is 0 Å². The largest absolute Gasteiger partial charge is 0.496 e. The summed E-state index contributed by atoms with van der Waals surface area (Å²) in [5.41, 5.74) is 0. The molecule has 3 aromatic carbocycles. The number of carboxylic acid groups (broad SMARTS) is 1. The van der Waals surface area contributed by atoms with Crippen LogP contribution < -0.4 is 58.5 Å². The average Bonchev–Trinajstić information content (AvgIpc) is 3.03. The lowest BCUT2D eigenvalue weighted by atomic mass is 10.3. The normalized spacial score (nSPS) is 10.9. The molecule has 0 unspecified atom stereocenters. The first kappa shape index (κ1) is 32.3. The summed E-state index contributed by atoms with van der Waals surface area (Å²) in [6.07, 6.45) is -0.178. The molecule has 0 atom stereocenters. The highest BCUT2D eigenvalue weighted by Gasteiger charge is 2.58. The molecule has 12 heteroatoms. The molecule has 3 aromatic rings. The van der Waals surface area contributed by atoms with Crippen molar-refractivity contribution >= 4 is 29.1 Å². The van der Waals surface area contributed by atoms with Crippen LogP contribution in [0.4, 0.5) is 0 Å². The summed E-state index contributed by atoms with van der Waals surface area (Å²) in [5.74, 6) is 2.78. The van der Waals surface area contributed by atoms with E-state index in [1.807, 2.05) is 0 Å². The summed E-state index contributed by atoms with van der Waals surface area (Å²) in [6.45, 7) is 0. The van der Waals surface area contributed by atoms with Crippen LogP contribution in [-0.4, -0.2) is 81.2 Å². The summed E-state index contributed by atoms with van der Waals surface area (Å²) in [7, 11) is 10.4. The smallest absolute Gasteiger partial charge is 0.307 e. The zero-order valence-corrected chi connectivity index (χ0v) is 26.2. The van der Waals surface area contributed by atoms with Gasteiger partial charge < -0.3 is 47.7 Å². The Bertz CT molecular complexity index is 1180. The number of carbonyl (C=O) groups is 1. The molecule has 0 saturated carbocycles. The summed E-state index contributed by atoms with van der Waals surface area (Å²) >= 11 is 0. The maximum absolute atomic E-state index is 12.3. The molecule has 0 aromatic heterocycles. The van der Waals surface area contributed by atoms with Crippen molar-refractivity contribution < 1.29 is 52.5 Å². The molecule has 1 N–H and O–H groups in total. The van der Waals surface area contributed by atoms with Gasteiger partial charge in [0, 0.05) is 36.4 Å². The van der Waals surface area contributed by atoms with Crippen molar-refractivity contribution in [3.05, 3.63) is 36.4 Å². The van der Waals surface area contributed by atoms with E-state index in [-0.39, 0.29) is 12.6 Å². The predicted octanol–water partition coefficient (Wildman–Crippen LogP) is 3.53. The Morgan fingerprint density at radius 1 is 0.500 bits per heavy atom. The maximum Gasteiger partial charge on any atom is 0.307 e. The highest BCUT2D eigenvalue weighted by Crippen LogP contribution is 2.66. The fourth-order valence-corrected chi connectivity index (χ4v) is 10.1. The Hall–Kier alpha value is -4.24. The molecule has 0 heterocycles. The Balaban J connectivity index is 2.81. The van der Waals surface area contributed by atoms with E-state index in [1.54, 1.807) is 36.4 Å². The van der Waals surface area contributed by atoms with E-state index >= 15 is 0 Å². The molecule has 0 radical (unpaired) electrons. The van der Waals surface area contributed by atoms with Crippen molar-refractivity contribution in [2.75, 3.05) is 70.2 Å². The number of methoxy groups -OCH3 is 9. The third-order valence-electron chi connectivity index (χ3n) is 6.87. The Labute approximate surface area is 246 Å². The van der Waals surface area contributed by atoms with Crippen molar-refractivity contribution in [3.8, 4) is 51.7 Å². The second-order valence-corrected chi connectivity index (χ2v) is 12.2. The fourth-order valence-electron chi connectivity index (χ4n) is 5.02. The van der Waals surface area contributed by atoms with Gasteiger partial charge >= 0.3 is 5.97 Å². The summed E-state index contributed by atoms with van der Waals surface area (Å²) in [4.78, 5) is 12.3. The third kappa shape index (κ3) is 5.87. The van der Waals surface area contributed by atoms with Crippen LogP contribution in [0.5, 0.6) is 51.7 Å². The minimum absolute atomic E-state index is 0.0689. The van der Waals surface area contributed by atoms with E-state index < -0.39 is 13.2 Å². The van der Waals surface area contributed by atoms with Crippen molar-refractivity contribution in [2.45, 2.75) is 6.42 Å². The van der Waals surface area contributed by atoms with Crippen LogP contribution in [0.2, 0.25) is 0 Å². The molecular weight excluding hydrogens is 567 g/mol. The minimum atomic E-state index is -3.32. The molecule has 3 rings (SSSR count). The zero-order chi connectivity index (χ0) is 31.0. The lowest BCUT2D eigenvalue weighted by molar-refractivity contribution is -0.136. The van der Waals surface area contributed by atoms with E-state index in [2.05, 4.69) is 0 Å². The van der Waals surface area contributed by atoms with E-state index in [4.69, 9.17) is 42.6 Å². The van der Waals surface area contributed by atoms with Crippen LogP contribution in [0.3, 0.4) is 0 Å². The van der Waals surface area contributed by atoms with Gasteiger partial charge in [-0.15, -0.1) is 0 Å². The molecule has 0 spiro atoms. The van der Waals surface area contributed by atoms with Gasteiger partial charge in [-0.05, 0) is 0 Å².